The summed E-state index contributed by atoms with van der Waals surface area (Å²) in [5, 5.41) is 10.7. The average Bonchev–Trinajstić information content (AvgIpc) is 3.14. The summed E-state index contributed by atoms with van der Waals surface area (Å²) < 4.78 is 24.2. The van der Waals surface area contributed by atoms with Crippen molar-refractivity contribution >= 4 is 34.5 Å². The molecule has 28 heavy (non-hydrogen) atoms. The third kappa shape index (κ3) is 3.89. The maximum absolute atomic E-state index is 13.1. The Morgan fingerprint density at radius 3 is 2.79 bits per heavy atom. The molecule has 1 heterocycles. The van der Waals surface area contributed by atoms with E-state index >= 15 is 0 Å². The van der Waals surface area contributed by atoms with E-state index in [1.165, 1.54) is 12.1 Å². The average molecular weight is 395 g/mol. The van der Waals surface area contributed by atoms with E-state index in [2.05, 4.69) is 10.2 Å². The lowest BCUT2D eigenvalue weighted by atomic mass is 10.0. The highest BCUT2D eigenvalue weighted by atomic mass is 35.5. The van der Waals surface area contributed by atoms with Crippen molar-refractivity contribution in [2.24, 2.45) is 0 Å². The van der Waals surface area contributed by atoms with Gasteiger partial charge in [-0.1, -0.05) is 41.9 Å². The summed E-state index contributed by atoms with van der Waals surface area (Å²) in [5.74, 6) is 1.27. The Morgan fingerprint density at radius 1 is 1.07 bits per heavy atom. The first-order valence-corrected chi connectivity index (χ1v) is 9.01. The van der Waals surface area contributed by atoms with Gasteiger partial charge in [-0.2, -0.15) is 0 Å². The monoisotopic (exact) mass is 394 g/mol. The van der Waals surface area contributed by atoms with Crippen LogP contribution in [-0.4, -0.2) is 17.3 Å². The first-order valence-electron chi connectivity index (χ1n) is 8.63. The van der Waals surface area contributed by atoms with Gasteiger partial charge in [0.25, 0.3) is 0 Å². The SMILES string of the molecule is COc1ccc2cccc(Cc3nnc(/C=C/c4ccc(F)cc4Cl)o3)c2c1. The molecule has 0 atom stereocenters. The molecule has 3 aromatic carbocycles. The molecule has 4 aromatic rings. The fourth-order valence-electron chi connectivity index (χ4n) is 2.96. The van der Waals surface area contributed by atoms with Crippen molar-refractivity contribution in [2.45, 2.75) is 6.42 Å². The van der Waals surface area contributed by atoms with Gasteiger partial charge in [0.2, 0.25) is 11.8 Å². The van der Waals surface area contributed by atoms with Gasteiger partial charge in [-0.15, -0.1) is 10.2 Å². The van der Waals surface area contributed by atoms with E-state index < -0.39 is 0 Å². The first kappa shape index (κ1) is 18.2. The molecule has 0 radical (unpaired) electrons. The number of halogens is 2. The summed E-state index contributed by atoms with van der Waals surface area (Å²) in [4.78, 5) is 0. The Balaban J connectivity index is 1.57. The van der Waals surface area contributed by atoms with Gasteiger partial charge in [0.15, 0.2) is 0 Å². The minimum Gasteiger partial charge on any atom is -0.497 e. The summed E-state index contributed by atoms with van der Waals surface area (Å²) in [6, 6.07) is 16.2. The fourth-order valence-corrected chi connectivity index (χ4v) is 3.19. The van der Waals surface area contributed by atoms with E-state index in [0.717, 1.165) is 22.1 Å². The van der Waals surface area contributed by atoms with Crippen LogP contribution in [0.25, 0.3) is 22.9 Å². The number of fused-ring (bicyclic) bond motifs is 1. The van der Waals surface area contributed by atoms with Crippen molar-refractivity contribution in [3.8, 4) is 5.75 Å². The molecule has 0 spiro atoms. The molecule has 0 saturated heterocycles. The quantitative estimate of drug-likeness (QED) is 0.430. The van der Waals surface area contributed by atoms with Crippen molar-refractivity contribution < 1.29 is 13.5 Å². The predicted octanol–water partition coefficient (Wildman–Crippen LogP) is 5.79. The van der Waals surface area contributed by atoms with Crippen molar-refractivity contribution in [3.05, 3.63) is 88.3 Å². The molecule has 0 aliphatic heterocycles. The molecule has 0 amide bonds. The zero-order chi connectivity index (χ0) is 19.5. The highest BCUT2D eigenvalue weighted by molar-refractivity contribution is 6.32. The first-order chi connectivity index (χ1) is 13.6. The Kier molecular flexibility index (Phi) is 5.08. The third-order valence-electron chi connectivity index (χ3n) is 4.37. The molecule has 1 aromatic heterocycles. The molecular weight excluding hydrogens is 379 g/mol. The molecule has 0 N–H and O–H groups in total. The molecular formula is C22H16ClFN2O2. The summed E-state index contributed by atoms with van der Waals surface area (Å²) in [6.07, 6.45) is 3.87. The number of aromatic nitrogens is 2. The predicted molar refractivity (Wildman–Crippen MR) is 108 cm³/mol. The van der Waals surface area contributed by atoms with Crippen molar-refractivity contribution in [1.82, 2.24) is 10.2 Å². The molecule has 0 fully saturated rings. The van der Waals surface area contributed by atoms with E-state index in [1.807, 2.05) is 36.4 Å². The number of nitrogens with zero attached hydrogens (tertiary/aromatic N) is 2. The number of hydrogen-bond acceptors (Lipinski definition) is 4. The van der Waals surface area contributed by atoms with Crippen molar-refractivity contribution in [2.75, 3.05) is 7.11 Å². The fraction of sp³-hybridized carbons (Fsp3) is 0.0909. The van der Waals surface area contributed by atoms with Gasteiger partial charge in [-0.25, -0.2) is 4.39 Å². The van der Waals surface area contributed by atoms with Gasteiger partial charge in [0, 0.05) is 6.08 Å². The summed E-state index contributed by atoms with van der Waals surface area (Å²) in [7, 11) is 1.65. The van der Waals surface area contributed by atoms with E-state index in [-0.39, 0.29) is 5.82 Å². The van der Waals surface area contributed by atoms with Gasteiger partial charge in [-0.05, 0) is 52.2 Å². The van der Waals surface area contributed by atoms with Crippen LogP contribution >= 0.6 is 11.6 Å². The van der Waals surface area contributed by atoms with Crippen molar-refractivity contribution in [3.63, 3.8) is 0 Å². The van der Waals surface area contributed by atoms with E-state index in [0.29, 0.717) is 28.8 Å². The normalized spacial score (nSPS) is 11.4. The minimum absolute atomic E-state index is 0.320. The smallest absolute Gasteiger partial charge is 0.240 e. The molecule has 4 nitrogen and oxygen atoms in total. The van der Waals surface area contributed by atoms with Gasteiger partial charge in [0.1, 0.15) is 11.6 Å². The highest BCUT2D eigenvalue weighted by Crippen LogP contribution is 2.26. The zero-order valence-electron chi connectivity index (χ0n) is 15.0. The Morgan fingerprint density at radius 2 is 1.96 bits per heavy atom. The number of benzene rings is 3. The van der Waals surface area contributed by atoms with E-state index in [4.69, 9.17) is 20.8 Å². The minimum atomic E-state index is -0.381. The van der Waals surface area contributed by atoms with Gasteiger partial charge < -0.3 is 9.15 Å². The zero-order valence-corrected chi connectivity index (χ0v) is 15.8. The molecule has 0 saturated carbocycles. The maximum Gasteiger partial charge on any atom is 0.240 e. The van der Waals surface area contributed by atoms with Gasteiger partial charge in [0.05, 0.1) is 18.6 Å². The molecule has 4 rings (SSSR count). The van der Waals surface area contributed by atoms with Gasteiger partial charge in [-0.3, -0.25) is 0 Å². The lowest BCUT2D eigenvalue weighted by Crippen LogP contribution is -1.91. The van der Waals surface area contributed by atoms with Crippen LogP contribution in [0.5, 0.6) is 5.75 Å². The van der Waals surface area contributed by atoms with Crippen LogP contribution in [0.2, 0.25) is 5.02 Å². The standard InChI is InChI=1S/C22H16ClFN2O2/c1-27-18-9-6-14-3-2-4-16(19(14)13-18)11-22-26-25-21(28-22)10-7-15-5-8-17(24)12-20(15)23/h2-10,12-13H,11H2,1H3/b10-7+. The van der Waals surface area contributed by atoms with E-state index in [1.54, 1.807) is 25.3 Å². The lowest BCUT2D eigenvalue weighted by Gasteiger charge is -2.06. The van der Waals surface area contributed by atoms with Crippen LogP contribution in [0.4, 0.5) is 4.39 Å². The molecule has 0 bridgehead atoms. The number of ether oxygens (including phenoxy) is 1. The largest absolute Gasteiger partial charge is 0.497 e. The number of methoxy groups -OCH3 is 1. The summed E-state index contributed by atoms with van der Waals surface area (Å²) >= 11 is 6.02. The maximum atomic E-state index is 13.1. The van der Waals surface area contributed by atoms with E-state index in [9.17, 15) is 4.39 Å². The molecule has 140 valence electrons. The number of hydrogen-bond donors (Lipinski definition) is 0. The van der Waals surface area contributed by atoms with Crippen LogP contribution in [-0.2, 0) is 6.42 Å². The van der Waals surface area contributed by atoms with Crippen LogP contribution in [0, 0.1) is 5.82 Å². The second kappa shape index (κ2) is 7.82. The molecule has 0 aliphatic rings. The van der Waals surface area contributed by atoms with Crippen LogP contribution in [0.3, 0.4) is 0 Å². The second-order valence-corrected chi connectivity index (χ2v) is 6.62. The molecule has 0 aliphatic carbocycles. The Hall–Kier alpha value is -3.18. The van der Waals surface area contributed by atoms with Crippen LogP contribution in [0.15, 0.2) is 59.0 Å². The molecule has 0 unspecified atom stereocenters. The van der Waals surface area contributed by atoms with Crippen LogP contribution in [0.1, 0.15) is 22.9 Å². The summed E-state index contributed by atoms with van der Waals surface area (Å²) in [6.45, 7) is 0. The second-order valence-electron chi connectivity index (χ2n) is 6.21. The van der Waals surface area contributed by atoms with Crippen molar-refractivity contribution in [1.29, 1.82) is 0 Å². The topological polar surface area (TPSA) is 48.2 Å². The lowest BCUT2D eigenvalue weighted by molar-refractivity contribution is 0.415. The van der Waals surface area contributed by atoms with Crippen LogP contribution < -0.4 is 4.74 Å². The number of rotatable bonds is 5. The molecule has 6 heteroatoms. The Bertz CT molecular complexity index is 1170. The van der Waals surface area contributed by atoms with Gasteiger partial charge >= 0.3 is 0 Å². The third-order valence-corrected chi connectivity index (χ3v) is 4.70. The highest BCUT2D eigenvalue weighted by Gasteiger charge is 2.09. The summed E-state index contributed by atoms with van der Waals surface area (Å²) in [5.41, 5.74) is 1.74. The Labute approximate surface area is 166 Å².